The number of anilines is 1. The van der Waals surface area contributed by atoms with Crippen LogP contribution in [0.3, 0.4) is 0 Å². The van der Waals surface area contributed by atoms with Gasteiger partial charge in [-0.1, -0.05) is 85.5 Å². The Kier molecular flexibility index (Phi) is 12.0. The van der Waals surface area contributed by atoms with Crippen molar-refractivity contribution >= 4 is 34.8 Å². The first-order valence-corrected chi connectivity index (χ1v) is 19.4. The first-order valence-electron chi connectivity index (χ1n) is 19.4. The van der Waals surface area contributed by atoms with E-state index in [1.54, 1.807) is 36.4 Å². The number of ketones is 1. The van der Waals surface area contributed by atoms with Crippen molar-refractivity contribution in [3.05, 3.63) is 93.4 Å². The zero-order valence-corrected chi connectivity index (χ0v) is 32.0. The maximum absolute atomic E-state index is 14.0. The number of allylic oxidation sites excluding steroid dienone is 5. The van der Waals surface area contributed by atoms with E-state index in [1.165, 1.54) is 38.5 Å². The summed E-state index contributed by atoms with van der Waals surface area (Å²) in [4.78, 5) is 40.0. The summed E-state index contributed by atoms with van der Waals surface area (Å²) in [6.07, 6.45) is 17.2. The van der Waals surface area contributed by atoms with Gasteiger partial charge in [-0.15, -0.1) is 0 Å². The summed E-state index contributed by atoms with van der Waals surface area (Å²) in [6.45, 7) is 14.0. The minimum atomic E-state index is -0.984. The molecule has 3 N–H and O–H groups in total. The molecule has 0 saturated heterocycles. The Balaban J connectivity index is 1.51. The quantitative estimate of drug-likeness (QED) is 0.0801. The SMILES string of the molecule is CCCCCCCCN1/C(=C/C2=C(O)C(=C/C3=[N+](CCCCCCCC)c4ccc(C(=O)O)cc4C3(C)C)/C2=O)C(C)(C)c2cc(C(=O)O)ccc21. The number of carboxylic acid groups (broad SMARTS) is 2. The maximum Gasteiger partial charge on any atom is 0.335 e. The van der Waals surface area contributed by atoms with E-state index in [0.29, 0.717) is 0 Å². The van der Waals surface area contributed by atoms with Gasteiger partial charge in [0.05, 0.1) is 27.7 Å². The van der Waals surface area contributed by atoms with Gasteiger partial charge in [0.15, 0.2) is 5.71 Å². The fourth-order valence-corrected chi connectivity index (χ4v) is 8.10. The minimum absolute atomic E-state index is 0.0556. The van der Waals surface area contributed by atoms with Crippen molar-refractivity contribution in [3.8, 4) is 0 Å². The number of Topliss-reactive ketones (excluding diaryl/α,β-unsaturated/α-hetero) is 1. The van der Waals surface area contributed by atoms with Crippen molar-refractivity contribution < 1.29 is 34.3 Å². The average molecular weight is 710 g/mol. The molecule has 52 heavy (non-hydrogen) atoms. The molecular formula is C44H57N2O6+. The van der Waals surface area contributed by atoms with Gasteiger partial charge in [0.1, 0.15) is 12.3 Å². The summed E-state index contributed by atoms with van der Waals surface area (Å²) in [6, 6.07) is 10.5. The van der Waals surface area contributed by atoms with E-state index in [-0.39, 0.29) is 33.8 Å². The Morgan fingerprint density at radius 3 is 1.88 bits per heavy atom. The molecular weight excluding hydrogens is 652 g/mol. The largest absolute Gasteiger partial charge is 0.506 e. The predicted octanol–water partition coefficient (Wildman–Crippen LogP) is 10.2. The molecule has 5 rings (SSSR count). The molecule has 0 fully saturated rings. The number of hydrogen-bond acceptors (Lipinski definition) is 5. The van der Waals surface area contributed by atoms with E-state index in [2.05, 4.69) is 23.3 Å². The summed E-state index contributed by atoms with van der Waals surface area (Å²) in [5.74, 6) is -2.27. The van der Waals surface area contributed by atoms with Gasteiger partial charge in [-0.2, -0.15) is 4.58 Å². The van der Waals surface area contributed by atoms with Crippen molar-refractivity contribution in [2.45, 2.75) is 129 Å². The Bertz CT molecular complexity index is 1860. The van der Waals surface area contributed by atoms with E-state index >= 15 is 0 Å². The lowest BCUT2D eigenvalue weighted by Gasteiger charge is -2.29. The van der Waals surface area contributed by atoms with E-state index in [1.807, 2.05) is 39.8 Å². The first kappa shape index (κ1) is 38.8. The fraction of sp³-hybridized carbons (Fsp3) is 0.500. The lowest BCUT2D eigenvalue weighted by Crippen LogP contribution is -2.32. The van der Waals surface area contributed by atoms with Gasteiger partial charge in [-0.05, 0) is 68.7 Å². The van der Waals surface area contributed by atoms with Crippen molar-refractivity contribution in [1.82, 2.24) is 0 Å². The number of carbonyl (C=O) groups excluding carboxylic acids is 1. The second-order valence-electron chi connectivity index (χ2n) is 15.7. The smallest absolute Gasteiger partial charge is 0.335 e. The van der Waals surface area contributed by atoms with Crippen LogP contribution < -0.4 is 4.90 Å². The summed E-state index contributed by atoms with van der Waals surface area (Å²) in [5, 5.41) is 31.1. The number of carboxylic acids is 2. The second kappa shape index (κ2) is 16.1. The monoisotopic (exact) mass is 709 g/mol. The number of benzene rings is 2. The van der Waals surface area contributed by atoms with E-state index in [4.69, 9.17) is 0 Å². The molecule has 0 aromatic heterocycles. The number of unbranched alkanes of at least 4 members (excludes halogenated alkanes) is 10. The molecule has 0 atom stereocenters. The molecule has 0 amide bonds. The van der Waals surface area contributed by atoms with Crippen LogP contribution in [0.1, 0.15) is 150 Å². The summed E-state index contributed by atoms with van der Waals surface area (Å²) < 4.78 is 2.20. The molecule has 2 aromatic carbocycles. The van der Waals surface area contributed by atoms with E-state index in [9.17, 15) is 29.7 Å². The van der Waals surface area contributed by atoms with Crippen LogP contribution in [0.4, 0.5) is 11.4 Å². The van der Waals surface area contributed by atoms with Crippen LogP contribution in [-0.4, -0.2) is 56.4 Å². The molecule has 0 saturated carbocycles. The highest BCUT2D eigenvalue weighted by molar-refractivity contribution is 6.24. The van der Waals surface area contributed by atoms with Gasteiger partial charge in [-0.25, -0.2) is 9.59 Å². The van der Waals surface area contributed by atoms with Crippen LogP contribution >= 0.6 is 0 Å². The molecule has 2 aliphatic heterocycles. The zero-order valence-electron chi connectivity index (χ0n) is 32.0. The summed E-state index contributed by atoms with van der Waals surface area (Å²) in [5.41, 5.74) is 5.10. The minimum Gasteiger partial charge on any atom is -0.506 e. The first-order chi connectivity index (χ1) is 24.7. The van der Waals surface area contributed by atoms with E-state index < -0.39 is 22.8 Å². The Labute approximate surface area is 309 Å². The predicted molar refractivity (Wildman–Crippen MR) is 208 cm³/mol. The molecule has 0 spiro atoms. The third-order valence-corrected chi connectivity index (χ3v) is 11.3. The molecule has 3 aliphatic rings. The van der Waals surface area contributed by atoms with Gasteiger partial charge in [0.2, 0.25) is 11.5 Å². The number of nitrogens with zero attached hydrogens (tertiary/aromatic N) is 2. The Hall–Kier alpha value is -4.46. The number of aliphatic hydroxyl groups excluding tert-OH is 1. The number of fused-ring (bicyclic) bond motifs is 2. The van der Waals surface area contributed by atoms with Crippen LogP contribution in [0.25, 0.3) is 0 Å². The average Bonchev–Trinajstić information content (AvgIpc) is 3.45. The standard InChI is InChI=1S/C44H56N2O6/c1-7-9-11-13-15-17-23-45-35-21-19-29(41(49)50)25-33(35)43(3,4)37(45)27-31-39(47)32(40(31)48)28-38-44(5,6)34-26-30(42(51)52)20-22-36(34)46(38)24-18-16-14-12-10-8-2/h19-22,25-28H,7-18,23-24H2,1-6H3,(H2-,47,48,49,50,51,52)/p+1. The second-order valence-corrected chi connectivity index (χ2v) is 15.7. The maximum atomic E-state index is 14.0. The molecule has 2 aromatic rings. The molecule has 0 bridgehead atoms. The van der Waals surface area contributed by atoms with Crippen LogP contribution in [0.2, 0.25) is 0 Å². The van der Waals surface area contributed by atoms with Gasteiger partial charge in [-0.3, -0.25) is 4.79 Å². The molecule has 8 nitrogen and oxygen atoms in total. The van der Waals surface area contributed by atoms with Crippen molar-refractivity contribution in [2.75, 3.05) is 18.0 Å². The van der Waals surface area contributed by atoms with Crippen molar-refractivity contribution in [3.63, 3.8) is 0 Å². The highest BCUT2D eigenvalue weighted by Crippen LogP contribution is 2.50. The summed E-state index contributed by atoms with van der Waals surface area (Å²) in [7, 11) is 0. The van der Waals surface area contributed by atoms with Gasteiger partial charge < -0.3 is 20.2 Å². The van der Waals surface area contributed by atoms with Crippen LogP contribution in [0.5, 0.6) is 0 Å². The number of aliphatic hydroxyl groups is 1. The highest BCUT2D eigenvalue weighted by Gasteiger charge is 2.47. The van der Waals surface area contributed by atoms with Crippen molar-refractivity contribution in [1.29, 1.82) is 0 Å². The third-order valence-electron chi connectivity index (χ3n) is 11.3. The molecule has 2 heterocycles. The number of aromatic carboxylic acids is 2. The van der Waals surface area contributed by atoms with Gasteiger partial charge in [0, 0.05) is 47.5 Å². The highest BCUT2D eigenvalue weighted by atomic mass is 16.4. The molecule has 278 valence electrons. The van der Waals surface area contributed by atoms with Crippen LogP contribution in [0, 0.1) is 0 Å². The Morgan fingerprint density at radius 1 is 0.731 bits per heavy atom. The number of hydrogen-bond donors (Lipinski definition) is 3. The lowest BCUT2D eigenvalue weighted by atomic mass is 9.77. The number of carbonyl (C=O) groups is 3. The van der Waals surface area contributed by atoms with E-state index in [0.717, 1.165) is 85.5 Å². The van der Waals surface area contributed by atoms with Crippen molar-refractivity contribution in [2.24, 2.45) is 0 Å². The molecule has 1 aliphatic carbocycles. The fourth-order valence-electron chi connectivity index (χ4n) is 8.10. The molecule has 8 heteroatoms. The van der Waals surface area contributed by atoms with Crippen LogP contribution in [-0.2, 0) is 15.6 Å². The topological polar surface area (TPSA) is 118 Å². The van der Waals surface area contributed by atoms with Gasteiger partial charge in [0.25, 0.3) is 0 Å². The zero-order chi connectivity index (χ0) is 37.8. The normalized spacial score (nSPS) is 18.7. The molecule has 0 radical (unpaired) electrons. The molecule has 0 unspecified atom stereocenters. The van der Waals surface area contributed by atoms with Gasteiger partial charge >= 0.3 is 11.9 Å². The van der Waals surface area contributed by atoms with Crippen LogP contribution in [0.15, 0.2) is 71.2 Å². The Morgan fingerprint density at radius 2 is 1.29 bits per heavy atom. The third kappa shape index (κ3) is 7.53. The summed E-state index contributed by atoms with van der Waals surface area (Å²) >= 11 is 0. The lowest BCUT2D eigenvalue weighted by molar-refractivity contribution is -0.438. The number of rotatable bonds is 18.